The van der Waals surface area contributed by atoms with E-state index in [1.54, 1.807) is 24.3 Å². The summed E-state index contributed by atoms with van der Waals surface area (Å²) in [5.41, 5.74) is 3.78. The molecule has 23 heavy (non-hydrogen) atoms. The van der Waals surface area contributed by atoms with E-state index >= 15 is 0 Å². The van der Waals surface area contributed by atoms with Crippen LogP contribution >= 0.6 is 43.5 Å². The number of hydrogen-bond donors (Lipinski definition) is 2. The number of carbonyl (C=O) groups excluding carboxylic acids is 1. The summed E-state index contributed by atoms with van der Waals surface area (Å²) in [4.78, 5) is 11.7. The van der Waals surface area contributed by atoms with E-state index in [1.807, 2.05) is 0 Å². The second-order valence-electron chi connectivity index (χ2n) is 4.44. The number of nitrogens with one attached hydrogen (secondary N) is 2. The van der Waals surface area contributed by atoms with Crippen molar-refractivity contribution >= 4 is 61.3 Å². The molecule has 0 fully saturated rings. The van der Waals surface area contributed by atoms with Crippen LogP contribution in [0.3, 0.4) is 0 Å². The van der Waals surface area contributed by atoms with Crippen LogP contribution in [-0.2, 0) is 4.79 Å². The predicted molar refractivity (Wildman–Crippen MR) is 97.5 cm³/mol. The van der Waals surface area contributed by atoms with Crippen molar-refractivity contribution in [3.05, 3.63) is 61.7 Å². The van der Waals surface area contributed by atoms with Gasteiger partial charge in [-0.15, -0.1) is 0 Å². The molecule has 0 atom stereocenters. The van der Waals surface area contributed by atoms with Gasteiger partial charge in [-0.2, -0.15) is 5.10 Å². The summed E-state index contributed by atoms with van der Waals surface area (Å²) < 4.78 is 14.2. The van der Waals surface area contributed by atoms with Gasteiger partial charge in [-0.05, 0) is 61.7 Å². The van der Waals surface area contributed by atoms with Gasteiger partial charge in [-0.25, -0.2) is 9.82 Å². The lowest BCUT2D eigenvalue weighted by atomic mass is 10.2. The van der Waals surface area contributed by atoms with Crippen molar-refractivity contribution in [3.63, 3.8) is 0 Å². The van der Waals surface area contributed by atoms with Crippen LogP contribution in [0, 0.1) is 5.82 Å². The molecule has 0 saturated carbocycles. The van der Waals surface area contributed by atoms with Gasteiger partial charge in [0.2, 0.25) is 0 Å². The molecule has 8 heteroatoms. The van der Waals surface area contributed by atoms with Gasteiger partial charge >= 0.3 is 0 Å². The second-order valence-corrected chi connectivity index (χ2v) is 6.59. The molecule has 0 aliphatic rings. The first-order valence-electron chi connectivity index (χ1n) is 6.41. The summed E-state index contributed by atoms with van der Waals surface area (Å²) >= 11 is 12.6. The van der Waals surface area contributed by atoms with Gasteiger partial charge in [-0.3, -0.25) is 4.79 Å². The summed E-state index contributed by atoms with van der Waals surface area (Å²) in [5.74, 6) is -0.647. The van der Waals surface area contributed by atoms with E-state index in [9.17, 15) is 9.18 Å². The minimum absolute atomic E-state index is 0.0274. The molecule has 0 saturated heterocycles. The molecule has 2 aromatic rings. The molecule has 0 aromatic heterocycles. The quantitative estimate of drug-likeness (QED) is 0.504. The Labute approximate surface area is 154 Å². The molecule has 1 amide bonds. The van der Waals surface area contributed by atoms with Gasteiger partial charge in [0.15, 0.2) is 0 Å². The molecule has 0 aliphatic heterocycles. The Kier molecular flexibility index (Phi) is 6.56. The third kappa shape index (κ3) is 5.60. The minimum Gasteiger partial charge on any atom is -0.374 e. The zero-order chi connectivity index (χ0) is 16.8. The van der Waals surface area contributed by atoms with E-state index in [0.717, 1.165) is 8.95 Å². The first kappa shape index (κ1) is 17.9. The fourth-order valence-electron chi connectivity index (χ4n) is 1.65. The van der Waals surface area contributed by atoms with Crippen LogP contribution in [-0.4, -0.2) is 18.7 Å². The maximum absolute atomic E-state index is 12.8. The zero-order valence-electron chi connectivity index (χ0n) is 11.6. The van der Waals surface area contributed by atoms with E-state index in [-0.39, 0.29) is 18.3 Å². The molecular weight excluding hydrogens is 452 g/mol. The lowest BCUT2D eigenvalue weighted by Gasteiger charge is -2.10. The van der Waals surface area contributed by atoms with Crippen molar-refractivity contribution in [2.75, 3.05) is 11.9 Å². The highest BCUT2D eigenvalue weighted by Crippen LogP contribution is 2.33. The molecular formula is C15H11Br2ClFN3O. The molecule has 0 bridgehead atoms. The van der Waals surface area contributed by atoms with Crippen molar-refractivity contribution in [1.82, 2.24) is 5.43 Å². The van der Waals surface area contributed by atoms with Gasteiger partial charge in [0, 0.05) is 14.0 Å². The van der Waals surface area contributed by atoms with Crippen LogP contribution in [0.1, 0.15) is 5.56 Å². The number of nitrogens with zero attached hydrogens (tertiary/aromatic N) is 1. The van der Waals surface area contributed by atoms with Crippen LogP contribution < -0.4 is 10.7 Å². The average molecular weight is 464 g/mol. The van der Waals surface area contributed by atoms with Crippen LogP contribution in [0.4, 0.5) is 10.1 Å². The number of hydrazone groups is 1. The lowest BCUT2D eigenvalue weighted by Crippen LogP contribution is -2.26. The number of benzene rings is 2. The number of rotatable bonds is 5. The highest BCUT2D eigenvalue weighted by Gasteiger charge is 2.08. The molecule has 2 aromatic carbocycles. The summed E-state index contributed by atoms with van der Waals surface area (Å²) in [6, 6.07) is 9.20. The monoisotopic (exact) mass is 461 g/mol. The molecule has 2 N–H and O–H groups in total. The van der Waals surface area contributed by atoms with E-state index < -0.39 is 0 Å². The zero-order valence-corrected chi connectivity index (χ0v) is 15.5. The van der Waals surface area contributed by atoms with Gasteiger partial charge < -0.3 is 5.32 Å². The highest BCUT2D eigenvalue weighted by molar-refractivity contribution is 9.11. The smallest absolute Gasteiger partial charge is 0.259 e. The van der Waals surface area contributed by atoms with Crippen LogP contribution in [0.5, 0.6) is 0 Å². The van der Waals surface area contributed by atoms with E-state index in [1.165, 1.54) is 18.3 Å². The average Bonchev–Trinajstić information content (AvgIpc) is 2.48. The number of halogens is 4. The number of amides is 1. The van der Waals surface area contributed by atoms with E-state index in [0.29, 0.717) is 16.3 Å². The first-order valence-corrected chi connectivity index (χ1v) is 8.38. The molecule has 0 radical (unpaired) electrons. The Hall–Kier alpha value is -1.44. The molecule has 0 spiro atoms. The van der Waals surface area contributed by atoms with Gasteiger partial charge in [0.1, 0.15) is 5.82 Å². The van der Waals surface area contributed by atoms with Crippen molar-refractivity contribution in [3.8, 4) is 0 Å². The number of hydrogen-bond acceptors (Lipinski definition) is 3. The maximum Gasteiger partial charge on any atom is 0.259 e. The Morgan fingerprint density at radius 1 is 1.22 bits per heavy atom. The van der Waals surface area contributed by atoms with Crippen LogP contribution in [0.15, 0.2) is 50.4 Å². The number of carbonyl (C=O) groups is 1. The summed E-state index contributed by atoms with van der Waals surface area (Å²) in [6.45, 7) is 0.0274. The minimum atomic E-state index is -0.325. The summed E-state index contributed by atoms with van der Waals surface area (Å²) in [6.07, 6.45) is 1.44. The number of anilines is 1. The maximum atomic E-state index is 12.8. The Morgan fingerprint density at radius 2 is 1.83 bits per heavy atom. The Bertz CT molecular complexity index is 715. The Morgan fingerprint density at radius 3 is 2.43 bits per heavy atom. The van der Waals surface area contributed by atoms with E-state index in [4.69, 9.17) is 11.6 Å². The molecule has 0 heterocycles. The molecule has 0 aliphatic carbocycles. The topological polar surface area (TPSA) is 53.5 Å². The van der Waals surface area contributed by atoms with E-state index in [2.05, 4.69) is 47.7 Å². The first-order chi connectivity index (χ1) is 11.0. The van der Waals surface area contributed by atoms with Crippen LogP contribution in [0.25, 0.3) is 0 Å². The van der Waals surface area contributed by atoms with Crippen LogP contribution in [0.2, 0.25) is 5.02 Å². The fraction of sp³-hybridized carbons (Fsp3) is 0.0667. The standard InChI is InChI=1S/C15H11Br2ClFN3O/c16-12-5-10(18)6-13(17)15(12)20-8-14(23)22-21-7-9-1-3-11(19)4-2-9/h1-7,20H,8H2,(H,22,23). The fourth-order valence-corrected chi connectivity index (χ4v) is 3.60. The van der Waals surface area contributed by atoms with Crippen molar-refractivity contribution < 1.29 is 9.18 Å². The SMILES string of the molecule is O=C(CNc1c(Br)cc(Cl)cc1Br)NN=Cc1ccc(F)cc1. The molecule has 4 nitrogen and oxygen atoms in total. The predicted octanol–water partition coefficient (Wildman–Crippen LogP) is 4.57. The summed E-state index contributed by atoms with van der Waals surface area (Å²) in [5, 5.41) is 7.36. The third-order valence-corrected chi connectivity index (χ3v) is 4.17. The summed E-state index contributed by atoms with van der Waals surface area (Å²) in [7, 11) is 0. The Balaban J connectivity index is 1.87. The van der Waals surface area contributed by atoms with Crippen molar-refractivity contribution in [1.29, 1.82) is 0 Å². The largest absolute Gasteiger partial charge is 0.374 e. The van der Waals surface area contributed by atoms with Crippen molar-refractivity contribution in [2.45, 2.75) is 0 Å². The normalized spacial score (nSPS) is 10.8. The van der Waals surface area contributed by atoms with Gasteiger partial charge in [0.05, 0.1) is 18.4 Å². The lowest BCUT2D eigenvalue weighted by molar-refractivity contribution is -0.119. The third-order valence-electron chi connectivity index (χ3n) is 2.71. The second kappa shape index (κ2) is 8.42. The molecule has 120 valence electrons. The molecule has 2 rings (SSSR count). The highest BCUT2D eigenvalue weighted by atomic mass is 79.9. The van der Waals surface area contributed by atoms with Gasteiger partial charge in [-0.1, -0.05) is 23.7 Å². The van der Waals surface area contributed by atoms with Crippen molar-refractivity contribution in [2.24, 2.45) is 5.10 Å². The molecule has 0 unspecified atom stereocenters. The van der Waals surface area contributed by atoms with Gasteiger partial charge in [0.25, 0.3) is 5.91 Å².